The second-order valence-corrected chi connectivity index (χ2v) is 9.09. The fraction of sp³-hybridized carbons (Fsp3) is 0.353. The second kappa shape index (κ2) is 7.47. The maximum atomic E-state index is 11.4. The number of nitrogens with zero attached hydrogens (tertiary/aromatic N) is 1. The number of carboxylic acid groups (broad SMARTS) is 1. The van der Waals surface area contributed by atoms with E-state index in [-0.39, 0.29) is 12.0 Å². The summed E-state index contributed by atoms with van der Waals surface area (Å²) in [4.78, 5) is 15.0. The second-order valence-electron chi connectivity index (χ2n) is 5.74. The first kappa shape index (κ1) is 17.1. The fourth-order valence-corrected chi connectivity index (χ4v) is 5.22. The molecule has 0 radical (unpaired) electrons. The van der Waals surface area contributed by atoms with Crippen molar-refractivity contribution in [3.05, 3.63) is 55.1 Å². The van der Waals surface area contributed by atoms with E-state index in [1.165, 1.54) is 10.4 Å². The van der Waals surface area contributed by atoms with Gasteiger partial charge in [-0.2, -0.15) is 0 Å². The smallest absolute Gasteiger partial charge is 0.307 e. The molecule has 1 aliphatic heterocycles. The molecule has 0 amide bonds. The highest BCUT2D eigenvalue weighted by molar-refractivity contribution is 9.11. The van der Waals surface area contributed by atoms with Gasteiger partial charge in [-0.1, -0.05) is 34.1 Å². The van der Waals surface area contributed by atoms with Gasteiger partial charge >= 0.3 is 5.97 Å². The zero-order valence-electron chi connectivity index (χ0n) is 12.4. The quantitative estimate of drug-likeness (QED) is 0.687. The molecule has 1 N–H and O–H groups in total. The van der Waals surface area contributed by atoms with Crippen LogP contribution in [0.25, 0.3) is 0 Å². The lowest BCUT2D eigenvalue weighted by Crippen LogP contribution is -2.41. The number of aliphatic carboxylic acids is 1. The van der Waals surface area contributed by atoms with Gasteiger partial charge in [0.05, 0.1) is 15.7 Å². The zero-order chi connectivity index (χ0) is 16.4. The summed E-state index contributed by atoms with van der Waals surface area (Å²) in [6, 6.07) is 12.5. The van der Waals surface area contributed by atoms with Crippen LogP contribution in [0.4, 0.5) is 0 Å². The maximum Gasteiger partial charge on any atom is 0.307 e. The number of carbonyl (C=O) groups is 1. The molecule has 1 fully saturated rings. The summed E-state index contributed by atoms with van der Waals surface area (Å²) in [6.45, 7) is 1.52. The Morgan fingerprint density at radius 2 is 2.04 bits per heavy atom. The average molecular weight is 459 g/mol. The minimum Gasteiger partial charge on any atom is -0.481 e. The van der Waals surface area contributed by atoms with Crippen molar-refractivity contribution < 1.29 is 9.90 Å². The molecule has 0 aliphatic carbocycles. The molecule has 6 heteroatoms. The number of rotatable bonds is 4. The number of carboxylic acids is 1. The first-order valence-corrected chi connectivity index (χ1v) is 9.93. The number of hydrogen-bond acceptors (Lipinski definition) is 3. The Kier molecular flexibility index (Phi) is 5.57. The first-order chi connectivity index (χ1) is 11.1. The van der Waals surface area contributed by atoms with Gasteiger partial charge in [0.2, 0.25) is 0 Å². The normalized spacial score (nSPS) is 20.3. The summed E-state index contributed by atoms with van der Waals surface area (Å²) in [6.07, 6.45) is 1.69. The van der Waals surface area contributed by atoms with Gasteiger partial charge < -0.3 is 5.11 Å². The molecular weight excluding hydrogens is 442 g/mol. The van der Waals surface area contributed by atoms with Crippen molar-refractivity contribution in [1.82, 2.24) is 4.90 Å². The third-order valence-electron chi connectivity index (χ3n) is 4.23. The molecule has 0 saturated carbocycles. The standard InChI is InChI=1S/C17H17Br2NO2S/c18-13-6-2-1-5-12(13)16(14-7-8-15(19)23-14)20-9-3-4-11(10-20)17(21)22/h1-2,5-8,11,16H,3-4,9-10H2,(H,21,22). The first-order valence-electron chi connectivity index (χ1n) is 7.53. The van der Waals surface area contributed by atoms with E-state index < -0.39 is 5.97 Å². The molecule has 2 heterocycles. The molecule has 1 aromatic heterocycles. The molecule has 2 aromatic rings. The summed E-state index contributed by atoms with van der Waals surface area (Å²) in [7, 11) is 0. The molecular formula is C17H17Br2NO2S. The third-order valence-corrected chi connectivity index (χ3v) is 6.63. The number of piperidine rings is 1. The van der Waals surface area contributed by atoms with Crippen LogP contribution >= 0.6 is 43.2 Å². The largest absolute Gasteiger partial charge is 0.481 e. The van der Waals surface area contributed by atoms with Gasteiger partial charge in [-0.05, 0) is 59.1 Å². The monoisotopic (exact) mass is 457 g/mol. The van der Waals surface area contributed by atoms with Crippen LogP contribution in [0.1, 0.15) is 29.3 Å². The predicted octanol–water partition coefficient (Wildman–Crippen LogP) is 5.16. The summed E-state index contributed by atoms with van der Waals surface area (Å²) >= 11 is 8.92. The molecule has 1 saturated heterocycles. The van der Waals surface area contributed by atoms with Gasteiger partial charge in [0.25, 0.3) is 0 Å². The molecule has 122 valence electrons. The van der Waals surface area contributed by atoms with Crippen molar-refractivity contribution >= 4 is 49.2 Å². The number of hydrogen-bond donors (Lipinski definition) is 1. The molecule has 0 spiro atoms. The summed E-state index contributed by atoms with van der Waals surface area (Å²) < 4.78 is 2.16. The van der Waals surface area contributed by atoms with E-state index in [0.29, 0.717) is 6.54 Å². The van der Waals surface area contributed by atoms with E-state index in [1.807, 2.05) is 18.2 Å². The Hall–Kier alpha value is -0.690. The van der Waals surface area contributed by atoms with Gasteiger partial charge in [-0.25, -0.2) is 0 Å². The predicted molar refractivity (Wildman–Crippen MR) is 99.9 cm³/mol. The Bertz CT molecular complexity index is 703. The minimum absolute atomic E-state index is 0.0871. The van der Waals surface area contributed by atoms with E-state index in [2.05, 4.69) is 55.0 Å². The van der Waals surface area contributed by atoms with Crippen LogP contribution in [0.5, 0.6) is 0 Å². The van der Waals surface area contributed by atoms with Gasteiger partial charge in [0.1, 0.15) is 0 Å². The number of thiophene rings is 1. The third kappa shape index (κ3) is 3.87. The van der Waals surface area contributed by atoms with Crippen LogP contribution in [0.2, 0.25) is 0 Å². The molecule has 3 nitrogen and oxygen atoms in total. The zero-order valence-corrected chi connectivity index (χ0v) is 16.4. The molecule has 1 aliphatic rings. The van der Waals surface area contributed by atoms with E-state index in [9.17, 15) is 9.90 Å². The summed E-state index contributed by atoms with van der Waals surface area (Å²) in [5, 5.41) is 9.40. The Balaban J connectivity index is 1.98. The number of likely N-dealkylation sites (tertiary alicyclic amines) is 1. The molecule has 1 aromatic carbocycles. The molecule has 2 atom stereocenters. The molecule has 3 rings (SSSR count). The topological polar surface area (TPSA) is 40.5 Å². The van der Waals surface area contributed by atoms with E-state index in [1.54, 1.807) is 11.3 Å². The lowest BCUT2D eigenvalue weighted by atomic mass is 9.94. The van der Waals surface area contributed by atoms with Crippen LogP contribution in [0.15, 0.2) is 44.7 Å². The van der Waals surface area contributed by atoms with Crippen LogP contribution in [-0.4, -0.2) is 29.1 Å². The summed E-state index contributed by atoms with van der Waals surface area (Å²) in [5.41, 5.74) is 1.19. The molecule has 2 unspecified atom stereocenters. The Morgan fingerprint density at radius 1 is 1.26 bits per heavy atom. The van der Waals surface area contributed by atoms with Crippen molar-refractivity contribution in [2.24, 2.45) is 5.92 Å². The minimum atomic E-state index is -0.687. The highest BCUT2D eigenvalue weighted by Gasteiger charge is 2.32. The highest BCUT2D eigenvalue weighted by Crippen LogP contribution is 2.39. The van der Waals surface area contributed by atoms with Crippen molar-refractivity contribution in [3.63, 3.8) is 0 Å². The van der Waals surface area contributed by atoms with Crippen molar-refractivity contribution in [3.8, 4) is 0 Å². The SMILES string of the molecule is O=C(O)C1CCCN(C(c2ccc(Br)s2)c2ccccc2Br)C1. The lowest BCUT2D eigenvalue weighted by Gasteiger charge is -2.37. The average Bonchev–Trinajstić information content (AvgIpc) is 2.96. The van der Waals surface area contributed by atoms with Crippen LogP contribution in [0, 0.1) is 5.92 Å². The van der Waals surface area contributed by atoms with E-state index >= 15 is 0 Å². The van der Waals surface area contributed by atoms with Gasteiger partial charge in [0.15, 0.2) is 0 Å². The van der Waals surface area contributed by atoms with Gasteiger partial charge in [-0.3, -0.25) is 9.69 Å². The maximum absolute atomic E-state index is 11.4. The fourth-order valence-electron chi connectivity index (χ4n) is 3.14. The number of halogens is 2. The van der Waals surface area contributed by atoms with Crippen LogP contribution in [-0.2, 0) is 4.79 Å². The van der Waals surface area contributed by atoms with Crippen molar-refractivity contribution in [1.29, 1.82) is 0 Å². The van der Waals surface area contributed by atoms with Crippen molar-refractivity contribution in [2.75, 3.05) is 13.1 Å². The van der Waals surface area contributed by atoms with E-state index in [4.69, 9.17) is 0 Å². The Morgan fingerprint density at radius 3 is 2.70 bits per heavy atom. The highest BCUT2D eigenvalue weighted by atomic mass is 79.9. The summed E-state index contributed by atoms with van der Waals surface area (Å²) in [5.74, 6) is -0.968. The van der Waals surface area contributed by atoms with Crippen molar-refractivity contribution in [2.45, 2.75) is 18.9 Å². The van der Waals surface area contributed by atoms with Gasteiger partial charge in [0, 0.05) is 15.9 Å². The van der Waals surface area contributed by atoms with Crippen LogP contribution < -0.4 is 0 Å². The molecule has 0 bridgehead atoms. The number of benzene rings is 1. The van der Waals surface area contributed by atoms with E-state index in [0.717, 1.165) is 27.6 Å². The van der Waals surface area contributed by atoms with Crippen LogP contribution in [0.3, 0.4) is 0 Å². The molecule has 23 heavy (non-hydrogen) atoms. The van der Waals surface area contributed by atoms with Gasteiger partial charge in [-0.15, -0.1) is 11.3 Å². The lowest BCUT2D eigenvalue weighted by molar-refractivity contribution is -0.143. The Labute approximate surface area is 156 Å².